The van der Waals surface area contributed by atoms with Gasteiger partial charge in [0.2, 0.25) is 0 Å². The summed E-state index contributed by atoms with van der Waals surface area (Å²) in [6.07, 6.45) is 10.5. The van der Waals surface area contributed by atoms with Crippen LogP contribution in [0.5, 0.6) is 5.75 Å². The summed E-state index contributed by atoms with van der Waals surface area (Å²) in [6, 6.07) is 16.1. The molecule has 0 fully saturated rings. The predicted molar refractivity (Wildman–Crippen MR) is 95.2 cm³/mol. The van der Waals surface area contributed by atoms with E-state index in [0.29, 0.717) is 5.75 Å². The first-order chi connectivity index (χ1) is 10.8. The quantitative estimate of drug-likeness (QED) is 0.534. The molecule has 0 aliphatic rings. The highest BCUT2D eigenvalue weighted by Crippen LogP contribution is 2.30. The molecule has 0 bridgehead atoms. The maximum atomic E-state index is 10.1. The van der Waals surface area contributed by atoms with Crippen LogP contribution < -0.4 is 0 Å². The van der Waals surface area contributed by atoms with Gasteiger partial charge in [-0.1, -0.05) is 81.8 Å². The molecule has 1 heteroatoms. The topological polar surface area (TPSA) is 20.2 Å². The molecule has 118 valence electrons. The van der Waals surface area contributed by atoms with Crippen molar-refractivity contribution in [1.82, 2.24) is 0 Å². The van der Waals surface area contributed by atoms with Crippen LogP contribution in [0.25, 0.3) is 11.1 Å². The molecule has 0 saturated heterocycles. The smallest absolute Gasteiger partial charge is 0.123 e. The molecule has 2 aromatic carbocycles. The Morgan fingerprint density at radius 1 is 0.773 bits per heavy atom. The minimum absolute atomic E-state index is 0.370. The van der Waals surface area contributed by atoms with E-state index in [2.05, 4.69) is 19.1 Å². The van der Waals surface area contributed by atoms with Gasteiger partial charge in [-0.3, -0.25) is 0 Å². The van der Waals surface area contributed by atoms with Crippen molar-refractivity contribution in [2.45, 2.75) is 58.3 Å². The SMILES string of the molecule is CCCCCCCCCc1ccc(O)c(-c2ccccc2)c1. The van der Waals surface area contributed by atoms with E-state index in [9.17, 15) is 5.11 Å². The summed E-state index contributed by atoms with van der Waals surface area (Å²) < 4.78 is 0. The van der Waals surface area contributed by atoms with Gasteiger partial charge in [0.1, 0.15) is 5.75 Å². The van der Waals surface area contributed by atoms with E-state index < -0.39 is 0 Å². The third-order valence-corrected chi connectivity index (χ3v) is 4.21. The fourth-order valence-electron chi connectivity index (χ4n) is 2.87. The van der Waals surface area contributed by atoms with Crippen molar-refractivity contribution in [2.75, 3.05) is 0 Å². The van der Waals surface area contributed by atoms with Gasteiger partial charge in [-0.25, -0.2) is 0 Å². The molecule has 2 aromatic rings. The summed E-state index contributed by atoms with van der Waals surface area (Å²) in [6.45, 7) is 2.26. The molecule has 0 amide bonds. The number of unbranched alkanes of at least 4 members (excludes halogenated alkanes) is 6. The zero-order valence-electron chi connectivity index (χ0n) is 13.7. The molecule has 0 radical (unpaired) electrons. The summed E-state index contributed by atoms with van der Waals surface area (Å²) in [5, 5.41) is 10.1. The predicted octanol–water partition coefficient (Wildman–Crippen LogP) is 6.35. The van der Waals surface area contributed by atoms with E-state index in [1.807, 2.05) is 36.4 Å². The minimum Gasteiger partial charge on any atom is -0.507 e. The molecule has 0 atom stereocenters. The van der Waals surface area contributed by atoms with Crippen molar-refractivity contribution in [3.63, 3.8) is 0 Å². The second-order valence-corrected chi connectivity index (χ2v) is 6.09. The number of phenols is 1. The lowest BCUT2D eigenvalue weighted by molar-refractivity contribution is 0.477. The number of hydrogen-bond acceptors (Lipinski definition) is 1. The Hall–Kier alpha value is -1.76. The Morgan fingerprint density at radius 2 is 1.45 bits per heavy atom. The van der Waals surface area contributed by atoms with Crippen molar-refractivity contribution in [3.8, 4) is 16.9 Å². The Bertz CT molecular complexity index is 545. The Balaban J connectivity index is 1.85. The van der Waals surface area contributed by atoms with Gasteiger partial charge in [-0.05, 0) is 36.1 Å². The maximum Gasteiger partial charge on any atom is 0.123 e. The monoisotopic (exact) mass is 296 g/mol. The number of aryl methyl sites for hydroxylation is 1. The van der Waals surface area contributed by atoms with Crippen LogP contribution in [0, 0.1) is 0 Å². The highest BCUT2D eigenvalue weighted by molar-refractivity contribution is 5.70. The molecule has 0 aliphatic heterocycles. The lowest BCUT2D eigenvalue weighted by Gasteiger charge is -2.08. The maximum absolute atomic E-state index is 10.1. The van der Waals surface area contributed by atoms with Gasteiger partial charge >= 0.3 is 0 Å². The largest absolute Gasteiger partial charge is 0.507 e. The van der Waals surface area contributed by atoms with Crippen LogP contribution in [0.1, 0.15) is 57.4 Å². The Kier molecular flexibility index (Phi) is 7.02. The fourth-order valence-corrected chi connectivity index (χ4v) is 2.87. The van der Waals surface area contributed by atoms with Gasteiger partial charge in [0.25, 0.3) is 0 Å². The molecular formula is C21H28O. The van der Waals surface area contributed by atoms with E-state index in [-0.39, 0.29) is 0 Å². The molecule has 0 spiro atoms. The van der Waals surface area contributed by atoms with Gasteiger partial charge < -0.3 is 5.11 Å². The van der Waals surface area contributed by atoms with Crippen LogP contribution in [-0.2, 0) is 6.42 Å². The Labute approximate surface area is 135 Å². The van der Waals surface area contributed by atoms with Crippen molar-refractivity contribution >= 4 is 0 Å². The minimum atomic E-state index is 0.370. The molecule has 1 N–H and O–H groups in total. The highest BCUT2D eigenvalue weighted by Gasteiger charge is 2.05. The average Bonchev–Trinajstić information content (AvgIpc) is 2.56. The molecule has 0 unspecified atom stereocenters. The van der Waals surface area contributed by atoms with E-state index in [0.717, 1.165) is 17.5 Å². The summed E-state index contributed by atoms with van der Waals surface area (Å²) in [5.41, 5.74) is 3.35. The summed E-state index contributed by atoms with van der Waals surface area (Å²) in [4.78, 5) is 0. The van der Waals surface area contributed by atoms with Crippen LogP contribution >= 0.6 is 0 Å². The van der Waals surface area contributed by atoms with E-state index in [4.69, 9.17) is 0 Å². The molecule has 2 rings (SSSR count). The van der Waals surface area contributed by atoms with Gasteiger partial charge in [-0.2, -0.15) is 0 Å². The number of phenolic OH excluding ortho intramolecular Hbond substituents is 1. The average molecular weight is 296 g/mol. The van der Waals surface area contributed by atoms with Gasteiger partial charge in [0.15, 0.2) is 0 Å². The molecule has 0 heterocycles. The molecule has 1 nitrogen and oxygen atoms in total. The molecular weight excluding hydrogens is 268 g/mol. The highest BCUT2D eigenvalue weighted by atomic mass is 16.3. The molecule has 0 aromatic heterocycles. The third-order valence-electron chi connectivity index (χ3n) is 4.21. The van der Waals surface area contributed by atoms with E-state index >= 15 is 0 Å². The molecule has 0 saturated carbocycles. The van der Waals surface area contributed by atoms with Crippen molar-refractivity contribution in [1.29, 1.82) is 0 Å². The second kappa shape index (κ2) is 9.30. The van der Waals surface area contributed by atoms with Gasteiger partial charge in [-0.15, -0.1) is 0 Å². The fraction of sp³-hybridized carbons (Fsp3) is 0.429. The van der Waals surface area contributed by atoms with E-state index in [1.165, 1.54) is 50.5 Å². The van der Waals surface area contributed by atoms with Crippen LogP contribution in [0.2, 0.25) is 0 Å². The number of rotatable bonds is 9. The van der Waals surface area contributed by atoms with Crippen LogP contribution in [0.4, 0.5) is 0 Å². The first kappa shape index (κ1) is 16.6. The van der Waals surface area contributed by atoms with Crippen molar-refractivity contribution < 1.29 is 5.11 Å². The second-order valence-electron chi connectivity index (χ2n) is 6.09. The Morgan fingerprint density at radius 3 is 2.18 bits per heavy atom. The lowest BCUT2D eigenvalue weighted by atomic mass is 9.99. The number of benzene rings is 2. The van der Waals surface area contributed by atoms with E-state index in [1.54, 1.807) is 0 Å². The first-order valence-electron chi connectivity index (χ1n) is 8.68. The number of aromatic hydroxyl groups is 1. The summed E-state index contributed by atoms with van der Waals surface area (Å²) >= 11 is 0. The van der Waals surface area contributed by atoms with Gasteiger partial charge in [0.05, 0.1) is 0 Å². The standard InChI is InChI=1S/C21H28O/c1-2-3-4-5-6-7-9-12-18-15-16-21(22)20(17-18)19-13-10-8-11-14-19/h8,10-11,13-17,22H,2-7,9,12H2,1H3. The molecule has 22 heavy (non-hydrogen) atoms. The van der Waals surface area contributed by atoms with Gasteiger partial charge in [0, 0.05) is 5.56 Å². The third kappa shape index (κ3) is 5.22. The summed E-state index contributed by atoms with van der Waals surface area (Å²) in [5.74, 6) is 0.370. The normalized spacial score (nSPS) is 10.8. The lowest BCUT2D eigenvalue weighted by Crippen LogP contribution is -1.88. The molecule has 0 aliphatic carbocycles. The first-order valence-corrected chi connectivity index (χ1v) is 8.68. The van der Waals surface area contributed by atoms with Crippen molar-refractivity contribution in [3.05, 3.63) is 54.1 Å². The number of hydrogen-bond donors (Lipinski definition) is 1. The van der Waals surface area contributed by atoms with Crippen LogP contribution in [0.15, 0.2) is 48.5 Å². The van der Waals surface area contributed by atoms with Crippen LogP contribution in [-0.4, -0.2) is 5.11 Å². The van der Waals surface area contributed by atoms with Crippen molar-refractivity contribution in [2.24, 2.45) is 0 Å². The zero-order valence-corrected chi connectivity index (χ0v) is 13.7. The zero-order chi connectivity index (χ0) is 15.6. The summed E-state index contributed by atoms with van der Waals surface area (Å²) in [7, 11) is 0. The van der Waals surface area contributed by atoms with Crippen LogP contribution in [0.3, 0.4) is 0 Å².